The maximum Gasteiger partial charge on any atom is 0.227 e. The predicted octanol–water partition coefficient (Wildman–Crippen LogP) is 3.07. The number of hydrogen-bond acceptors (Lipinski definition) is 3. The van der Waals surface area contributed by atoms with Crippen molar-refractivity contribution in [1.29, 1.82) is 0 Å². The van der Waals surface area contributed by atoms with Gasteiger partial charge in [0.2, 0.25) is 5.91 Å². The molecule has 22 heavy (non-hydrogen) atoms. The van der Waals surface area contributed by atoms with Crippen molar-refractivity contribution in [2.24, 2.45) is 11.1 Å². The first-order valence-corrected chi connectivity index (χ1v) is 7.69. The summed E-state index contributed by atoms with van der Waals surface area (Å²) in [6.07, 6.45) is 1.42. The number of nitrogens with two attached hydrogens (primary N) is 1. The highest BCUT2D eigenvalue weighted by Gasteiger charge is 2.33. The smallest absolute Gasteiger partial charge is 0.227 e. The Kier molecular flexibility index (Phi) is 9.14. The Balaban J connectivity index is 0.00000441. The third-order valence-electron chi connectivity index (χ3n) is 4.13. The van der Waals surface area contributed by atoms with Crippen LogP contribution < -0.4 is 15.8 Å². The summed E-state index contributed by atoms with van der Waals surface area (Å²) in [7, 11) is 0. The second kappa shape index (κ2) is 9.70. The van der Waals surface area contributed by atoms with E-state index in [-0.39, 0.29) is 24.4 Å². The molecule has 0 fully saturated rings. The molecule has 126 valence electrons. The molecule has 1 unspecified atom stereocenters. The molecule has 1 rings (SSSR count). The average molecular weight is 329 g/mol. The zero-order valence-electron chi connectivity index (χ0n) is 14.0. The van der Waals surface area contributed by atoms with Crippen LogP contribution in [0.1, 0.15) is 39.2 Å². The number of ether oxygens (including phenoxy) is 1. The summed E-state index contributed by atoms with van der Waals surface area (Å²) < 4.78 is 5.79. The molecule has 0 aliphatic heterocycles. The van der Waals surface area contributed by atoms with Crippen LogP contribution in [0.3, 0.4) is 0 Å². The fourth-order valence-corrected chi connectivity index (χ4v) is 2.27. The standard InChI is InChI=1S/C17H28N2O2.ClH/c1-5-17(6-2,12-18)16(20)19-11-14(4)21-15-9-7-13(3)8-10-15;/h7-10,14H,5-6,11-12,18H2,1-4H3,(H,19,20);1H. The van der Waals surface area contributed by atoms with Crippen molar-refractivity contribution in [3.63, 3.8) is 0 Å². The van der Waals surface area contributed by atoms with Gasteiger partial charge in [-0.2, -0.15) is 0 Å². The van der Waals surface area contributed by atoms with E-state index in [0.717, 1.165) is 18.6 Å². The number of benzene rings is 1. The molecular formula is C17H29ClN2O2. The summed E-state index contributed by atoms with van der Waals surface area (Å²) in [5.41, 5.74) is 6.52. The number of carbonyl (C=O) groups is 1. The molecule has 0 aliphatic rings. The van der Waals surface area contributed by atoms with E-state index in [1.807, 2.05) is 52.0 Å². The largest absolute Gasteiger partial charge is 0.489 e. The van der Waals surface area contributed by atoms with Gasteiger partial charge in [0.15, 0.2) is 0 Å². The van der Waals surface area contributed by atoms with Gasteiger partial charge in [-0.1, -0.05) is 31.5 Å². The molecular weight excluding hydrogens is 300 g/mol. The molecule has 0 aliphatic carbocycles. The van der Waals surface area contributed by atoms with Crippen LogP contribution in [0.5, 0.6) is 5.75 Å². The predicted molar refractivity (Wildman–Crippen MR) is 93.6 cm³/mol. The minimum Gasteiger partial charge on any atom is -0.489 e. The number of nitrogens with one attached hydrogen (secondary N) is 1. The minimum atomic E-state index is -0.455. The zero-order valence-corrected chi connectivity index (χ0v) is 14.8. The van der Waals surface area contributed by atoms with Gasteiger partial charge in [-0.05, 0) is 38.8 Å². The Labute approximate surface area is 140 Å². The molecule has 0 bridgehead atoms. The summed E-state index contributed by atoms with van der Waals surface area (Å²) in [4.78, 5) is 12.3. The van der Waals surface area contributed by atoms with Crippen LogP contribution in [0.2, 0.25) is 0 Å². The van der Waals surface area contributed by atoms with Crippen molar-refractivity contribution in [1.82, 2.24) is 5.32 Å². The molecule has 0 radical (unpaired) electrons. The Morgan fingerprint density at radius 2 is 1.82 bits per heavy atom. The summed E-state index contributed by atoms with van der Waals surface area (Å²) in [6.45, 7) is 8.84. The number of halogens is 1. The number of amides is 1. The van der Waals surface area contributed by atoms with Gasteiger partial charge in [0.1, 0.15) is 11.9 Å². The highest BCUT2D eigenvalue weighted by atomic mass is 35.5. The number of carbonyl (C=O) groups excluding carboxylic acids is 1. The topological polar surface area (TPSA) is 64.4 Å². The quantitative estimate of drug-likeness (QED) is 0.770. The van der Waals surface area contributed by atoms with E-state index in [0.29, 0.717) is 13.1 Å². The maximum absolute atomic E-state index is 12.3. The van der Waals surface area contributed by atoms with Crippen LogP contribution >= 0.6 is 12.4 Å². The molecule has 1 aromatic carbocycles. The molecule has 0 heterocycles. The molecule has 4 nitrogen and oxygen atoms in total. The molecule has 0 aromatic heterocycles. The minimum absolute atomic E-state index is 0. The Morgan fingerprint density at radius 1 is 1.27 bits per heavy atom. The fourth-order valence-electron chi connectivity index (χ4n) is 2.27. The van der Waals surface area contributed by atoms with E-state index in [1.165, 1.54) is 5.56 Å². The normalized spacial score (nSPS) is 12.2. The summed E-state index contributed by atoms with van der Waals surface area (Å²) in [5, 5.41) is 2.96. The van der Waals surface area contributed by atoms with Gasteiger partial charge in [0.25, 0.3) is 0 Å². The molecule has 0 saturated heterocycles. The average Bonchev–Trinajstić information content (AvgIpc) is 2.50. The van der Waals surface area contributed by atoms with E-state index >= 15 is 0 Å². The van der Waals surface area contributed by atoms with Gasteiger partial charge in [-0.15, -0.1) is 12.4 Å². The van der Waals surface area contributed by atoms with Gasteiger partial charge in [0, 0.05) is 6.54 Å². The molecule has 3 N–H and O–H groups in total. The van der Waals surface area contributed by atoms with Crippen LogP contribution in [0.25, 0.3) is 0 Å². The molecule has 0 spiro atoms. The Hall–Kier alpha value is -1.26. The Morgan fingerprint density at radius 3 is 2.27 bits per heavy atom. The second-order valence-electron chi connectivity index (χ2n) is 5.64. The zero-order chi connectivity index (χ0) is 15.9. The van der Waals surface area contributed by atoms with Crippen molar-refractivity contribution in [2.45, 2.75) is 46.6 Å². The van der Waals surface area contributed by atoms with Crippen LogP contribution in [-0.2, 0) is 4.79 Å². The van der Waals surface area contributed by atoms with Crippen LogP contribution in [0.4, 0.5) is 0 Å². The van der Waals surface area contributed by atoms with Crippen molar-refractivity contribution < 1.29 is 9.53 Å². The van der Waals surface area contributed by atoms with Crippen molar-refractivity contribution in [2.75, 3.05) is 13.1 Å². The van der Waals surface area contributed by atoms with Crippen LogP contribution in [0, 0.1) is 12.3 Å². The van der Waals surface area contributed by atoms with E-state index in [1.54, 1.807) is 0 Å². The lowest BCUT2D eigenvalue weighted by atomic mass is 9.81. The van der Waals surface area contributed by atoms with Gasteiger partial charge in [0.05, 0.1) is 12.0 Å². The first-order chi connectivity index (χ1) is 9.97. The number of hydrogen-bond donors (Lipinski definition) is 2. The van der Waals surface area contributed by atoms with Crippen LogP contribution in [-0.4, -0.2) is 25.1 Å². The van der Waals surface area contributed by atoms with Gasteiger partial charge >= 0.3 is 0 Å². The van der Waals surface area contributed by atoms with Gasteiger partial charge in [-0.3, -0.25) is 4.79 Å². The molecule has 0 saturated carbocycles. The third-order valence-corrected chi connectivity index (χ3v) is 4.13. The lowest BCUT2D eigenvalue weighted by molar-refractivity contribution is -0.131. The fraction of sp³-hybridized carbons (Fsp3) is 0.588. The first-order valence-electron chi connectivity index (χ1n) is 7.69. The van der Waals surface area contributed by atoms with Gasteiger partial charge in [-0.25, -0.2) is 0 Å². The molecule has 5 heteroatoms. The summed E-state index contributed by atoms with van der Waals surface area (Å²) >= 11 is 0. The number of rotatable bonds is 8. The van der Waals surface area contributed by atoms with Crippen molar-refractivity contribution in [3.8, 4) is 5.75 Å². The lowest BCUT2D eigenvalue weighted by Gasteiger charge is -2.29. The van der Waals surface area contributed by atoms with E-state index < -0.39 is 5.41 Å². The van der Waals surface area contributed by atoms with E-state index in [4.69, 9.17) is 10.5 Å². The number of aryl methyl sites for hydroxylation is 1. The molecule has 1 aromatic rings. The van der Waals surface area contributed by atoms with Gasteiger partial charge < -0.3 is 15.8 Å². The molecule has 1 amide bonds. The first kappa shape index (κ1) is 20.7. The monoisotopic (exact) mass is 328 g/mol. The Bertz CT molecular complexity index is 436. The summed E-state index contributed by atoms with van der Waals surface area (Å²) in [6, 6.07) is 7.90. The lowest BCUT2D eigenvalue weighted by Crippen LogP contribution is -2.47. The highest BCUT2D eigenvalue weighted by molar-refractivity contribution is 5.85. The van der Waals surface area contributed by atoms with Crippen LogP contribution in [0.15, 0.2) is 24.3 Å². The van der Waals surface area contributed by atoms with Crippen molar-refractivity contribution >= 4 is 18.3 Å². The highest BCUT2D eigenvalue weighted by Crippen LogP contribution is 2.24. The van der Waals surface area contributed by atoms with E-state index in [2.05, 4.69) is 5.32 Å². The maximum atomic E-state index is 12.3. The second-order valence-corrected chi connectivity index (χ2v) is 5.64. The van der Waals surface area contributed by atoms with E-state index in [9.17, 15) is 4.79 Å². The van der Waals surface area contributed by atoms with Crippen molar-refractivity contribution in [3.05, 3.63) is 29.8 Å². The third kappa shape index (κ3) is 5.50. The SMILES string of the molecule is CCC(CC)(CN)C(=O)NCC(C)Oc1ccc(C)cc1.Cl. The summed E-state index contributed by atoms with van der Waals surface area (Å²) in [5.74, 6) is 0.841. The molecule has 1 atom stereocenters.